The van der Waals surface area contributed by atoms with E-state index < -0.39 is 0 Å². The van der Waals surface area contributed by atoms with Crippen LogP contribution in [0.1, 0.15) is 50.5 Å². The zero-order valence-electron chi connectivity index (χ0n) is 12.7. The summed E-state index contributed by atoms with van der Waals surface area (Å²) in [5.74, 6) is 0.881. The van der Waals surface area contributed by atoms with Crippen molar-refractivity contribution < 1.29 is 4.79 Å². The number of nitrogens with two attached hydrogens (primary N) is 1. The molecule has 21 heavy (non-hydrogen) atoms. The van der Waals surface area contributed by atoms with E-state index in [1.54, 1.807) is 6.20 Å². The first-order valence-corrected chi connectivity index (χ1v) is 8.19. The van der Waals surface area contributed by atoms with Crippen LogP contribution in [0.15, 0.2) is 18.3 Å². The number of hydrogen-bond acceptors (Lipinski definition) is 4. The molecule has 4 heteroatoms. The number of aromatic nitrogens is 1. The highest BCUT2D eigenvalue weighted by Crippen LogP contribution is 2.38. The van der Waals surface area contributed by atoms with Gasteiger partial charge in [-0.2, -0.15) is 0 Å². The van der Waals surface area contributed by atoms with Crippen molar-refractivity contribution in [2.24, 2.45) is 0 Å². The van der Waals surface area contributed by atoms with Crippen molar-refractivity contribution in [2.45, 2.75) is 56.9 Å². The fourth-order valence-electron chi connectivity index (χ4n) is 4.01. The average molecular weight is 287 g/mol. The lowest BCUT2D eigenvalue weighted by Gasteiger charge is -2.42. The van der Waals surface area contributed by atoms with Crippen LogP contribution in [0.4, 0.5) is 5.82 Å². The number of likely N-dealkylation sites (tertiary alicyclic amines) is 1. The molecule has 0 radical (unpaired) electrons. The lowest BCUT2D eigenvalue weighted by Crippen LogP contribution is -2.55. The number of carbonyl (C=O) groups excluding carboxylic acids is 1. The average Bonchev–Trinajstić information content (AvgIpc) is 2.99. The summed E-state index contributed by atoms with van der Waals surface area (Å²) >= 11 is 0. The number of carbonyl (C=O) groups is 1. The monoisotopic (exact) mass is 287 g/mol. The number of Topliss-reactive ketones (excluding diaryl/α,β-unsaturated/α-hetero) is 1. The van der Waals surface area contributed by atoms with Crippen molar-refractivity contribution in [1.82, 2.24) is 9.88 Å². The quantitative estimate of drug-likeness (QED) is 0.924. The topological polar surface area (TPSA) is 59.2 Å². The molecule has 0 amide bonds. The first-order valence-electron chi connectivity index (χ1n) is 8.19. The molecule has 0 aromatic carbocycles. The highest BCUT2D eigenvalue weighted by molar-refractivity contribution is 5.90. The second kappa shape index (κ2) is 6.14. The van der Waals surface area contributed by atoms with Crippen LogP contribution in [0.5, 0.6) is 0 Å². The number of ketones is 1. The zero-order chi connectivity index (χ0) is 14.7. The predicted molar refractivity (Wildman–Crippen MR) is 84.0 cm³/mol. The fourth-order valence-corrected chi connectivity index (χ4v) is 4.01. The maximum Gasteiger partial charge on any atom is 0.157 e. The number of nitrogens with zero attached hydrogens (tertiary/aromatic N) is 2. The smallest absolute Gasteiger partial charge is 0.157 e. The fraction of sp³-hybridized carbons (Fsp3) is 0.647. The molecule has 2 heterocycles. The first-order chi connectivity index (χ1) is 10.2. The lowest BCUT2D eigenvalue weighted by molar-refractivity contribution is -0.131. The van der Waals surface area contributed by atoms with E-state index in [0.717, 1.165) is 31.5 Å². The molecule has 1 aliphatic carbocycles. The van der Waals surface area contributed by atoms with E-state index in [9.17, 15) is 4.79 Å². The molecule has 1 saturated heterocycles. The van der Waals surface area contributed by atoms with Gasteiger partial charge < -0.3 is 5.73 Å². The van der Waals surface area contributed by atoms with Gasteiger partial charge >= 0.3 is 0 Å². The zero-order valence-corrected chi connectivity index (χ0v) is 12.7. The summed E-state index contributed by atoms with van der Waals surface area (Å²) < 4.78 is 0. The standard InChI is InChI=1S/C17H25N3O/c18-16-13-14(6-9-19-16)12-15(21)17(7-2-3-8-17)20-10-4-1-5-11-20/h6,9,13H,1-5,7-8,10-12H2,(H2,18,19). The third-order valence-corrected chi connectivity index (χ3v) is 5.12. The largest absolute Gasteiger partial charge is 0.384 e. The van der Waals surface area contributed by atoms with Gasteiger partial charge in [-0.1, -0.05) is 19.3 Å². The minimum Gasteiger partial charge on any atom is -0.384 e. The van der Waals surface area contributed by atoms with Crippen LogP contribution < -0.4 is 5.73 Å². The molecule has 1 aliphatic heterocycles. The minimum atomic E-state index is -0.196. The Balaban J connectivity index is 1.78. The van der Waals surface area contributed by atoms with Crippen LogP contribution in [-0.4, -0.2) is 34.3 Å². The Hall–Kier alpha value is -1.42. The number of piperidine rings is 1. The van der Waals surface area contributed by atoms with Crippen LogP contribution in [0.2, 0.25) is 0 Å². The molecule has 1 aromatic heterocycles. The number of anilines is 1. The summed E-state index contributed by atoms with van der Waals surface area (Å²) in [6.45, 7) is 2.18. The normalized spacial score (nSPS) is 22.3. The van der Waals surface area contributed by atoms with E-state index in [2.05, 4.69) is 9.88 Å². The van der Waals surface area contributed by atoms with Gasteiger partial charge in [0, 0.05) is 12.6 Å². The Bertz CT molecular complexity index is 503. The van der Waals surface area contributed by atoms with Crippen molar-refractivity contribution in [2.75, 3.05) is 18.8 Å². The highest BCUT2D eigenvalue weighted by Gasteiger charge is 2.45. The molecular weight excluding hydrogens is 262 g/mol. The third kappa shape index (κ3) is 2.95. The highest BCUT2D eigenvalue weighted by atomic mass is 16.1. The van der Waals surface area contributed by atoms with Crippen molar-refractivity contribution in [3.63, 3.8) is 0 Å². The molecule has 2 fully saturated rings. The van der Waals surface area contributed by atoms with Crippen molar-refractivity contribution in [3.8, 4) is 0 Å². The first kappa shape index (κ1) is 14.5. The molecule has 1 saturated carbocycles. The number of hydrogen-bond donors (Lipinski definition) is 1. The Morgan fingerprint density at radius 2 is 1.90 bits per heavy atom. The van der Waals surface area contributed by atoms with Gasteiger partial charge in [0.15, 0.2) is 5.78 Å². The van der Waals surface area contributed by atoms with E-state index in [1.807, 2.05) is 12.1 Å². The van der Waals surface area contributed by atoms with Crippen LogP contribution in [0.25, 0.3) is 0 Å². The van der Waals surface area contributed by atoms with E-state index >= 15 is 0 Å². The van der Waals surface area contributed by atoms with Gasteiger partial charge in [0.2, 0.25) is 0 Å². The maximum absolute atomic E-state index is 13.0. The van der Waals surface area contributed by atoms with Gasteiger partial charge in [-0.15, -0.1) is 0 Å². The van der Waals surface area contributed by atoms with Crippen molar-refractivity contribution in [3.05, 3.63) is 23.9 Å². The van der Waals surface area contributed by atoms with E-state index in [0.29, 0.717) is 18.0 Å². The molecule has 2 aliphatic rings. The molecule has 2 N–H and O–H groups in total. The van der Waals surface area contributed by atoms with Crippen molar-refractivity contribution >= 4 is 11.6 Å². The Kier molecular flexibility index (Phi) is 4.24. The SMILES string of the molecule is Nc1cc(CC(=O)C2(N3CCCCC3)CCCC2)ccn1. The minimum absolute atomic E-state index is 0.196. The second-order valence-corrected chi connectivity index (χ2v) is 6.48. The summed E-state index contributed by atoms with van der Waals surface area (Å²) in [6.07, 6.45) is 10.4. The van der Waals surface area contributed by atoms with Gasteiger partial charge in [-0.3, -0.25) is 9.69 Å². The van der Waals surface area contributed by atoms with Gasteiger partial charge in [-0.05, 0) is 56.5 Å². The molecule has 3 rings (SSSR count). The van der Waals surface area contributed by atoms with E-state index in [1.165, 1.54) is 32.1 Å². The number of nitrogen functional groups attached to an aromatic ring is 1. The molecule has 0 atom stereocenters. The molecule has 1 aromatic rings. The van der Waals surface area contributed by atoms with Gasteiger partial charge in [0.05, 0.1) is 5.54 Å². The molecule has 0 bridgehead atoms. The third-order valence-electron chi connectivity index (χ3n) is 5.12. The summed E-state index contributed by atoms with van der Waals surface area (Å²) in [7, 11) is 0. The molecule has 0 unspecified atom stereocenters. The van der Waals surface area contributed by atoms with Crippen LogP contribution in [0, 0.1) is 0 Å². The van der Waals surface area contributed by atoms with Crippen LogP contribution in [0.3, 0.4) is 0 Å². The van der Waals surface area contributed by atoms with Gasteiger partial charge in [0.25, 0.3) is 0 Å². The molecule has 4 nitrogen and oxygen atoms in total. The number of pyridine rings is 1. The Morgan fingerprint density at radius 1 is 1.19 bits per heavy atom. The molecular formula is C17H25N3O. The molecule has 0 spiro atoms. The van der Waals surface area contributed by atoms with Gasteiger partial charge in [0.1, 0.15) is 5.82 Å². The Labute approximate surface area is 126 Å². The number of rotatable bonds is 4. The van der Waals surface area contributed by atoms with Crippen molar-refractivity contribution in [1.29, 1.82) is 0 Å². The maximum atomic E-state index is 13.0. The predicted octanol–water partition coefficient (Wildman–Crippen LogP) is 2.57. The summed E-state index contributed by atoms with van der Waals surface area (Å²) in [6, 6.07) is 3.74. The molecule has 114 valence electrons. The van der Waals surface area contributed by atoms with Crippen LogP contribution >= 0.6 is 0 Å². The van der Waals surface area contributed by atoms with E-state index in [4.69, 9.17) is 5.73 Å². The van der Waals surface area contributed by atoms with Crippen LogP contribution in [-0.2, 0) is 11.2 Å². The second-order valence-electron chi connectivity index (χ2n) is 6.48. The van der Waals surface area contributed by atoms with Gasteiger partial charge in [-0.25, -0.2) is 4.98 Å². The summed E-state index contributed by atoms with van der Waals surface area (Å²) in [5, 5.41) is 0. The summed E-state index contributed by atoms with van der Waals surface area (Å²) in [5.41, 5.74) is 6.53. The van der Waals surface area contributed by atoms with E-state index in [-0.39, 0.29) is 5.54 Å². The summed E-state index contributed by atoms with van der Waals surface area (Å²) in [4.78, 5) is 19.5. The Morgan fingerprint density at radius 3 is 2.57 bits per heavy atom. The lowest BCUT2D eigenvalue weighted by atomic mass is 9.85.